The summed E-state index contributed by atoms with van der Waals surface area (Å²) in [4.78, 5) is 3.51. The Bertz CT molecular complexity index is 858. The van der Waals surface area contributed by atoms with Crippen molar-refractivity contribution in [3.8, 4) is 0 Å². The number of aliphatic hydroxyl groups is 1. The van der Waals surface area contributed by atoms with Crippen LogP contribution in [-0.2, 0) is 12.8 Å². The van der Waals surface area contributed by atoms with E-state index in [-0.39, 0.29) is 5.82 Å². The maximum atomic E-state index is 13.7. The van der Waals surface area contributed by atoms with Gasteiger partial charge >= 0.3 is 0 Å². The molecule has 124 valence electrons. The Kier molecular flexibility index (Phi) is 4.08. The van der Waals surface area contributed by atoms with Gasteiger partial charge in [0.25, 0.3) is 0 Å². The number of benzene rings is 2. The van der Waals surface area contributed by atoms with Crippen molar-refractivity contribution in [2.45, 2.75) is 31.4 Å². The first-order chi connectivity index (χ1) is 11.7. The Morgan fingerprint density at radius 2 is 1.96 bits per heavy atom. The lowest BCUT2D eigenvalue weighted by Gasteiger charge is -2.25. The van der Waals surface area contributed by atoms with Gasteiger partial charge in [0, 0.05) is 34.7 Å². The number of rotatable bonds is 4. The van der Waals surface area contributed by atoms with E-state index in [9.17, 15) is 9.50 Å². The molecule has 2 atom stereocenters. The van der Waals surface area contributed by atoms with Gasteiger partial charge < -0.3 is 15.4 Å². The normalized spacial score (nSPS) is 18.5. The monoisotopic (exact) mass is 324 g/mol. The molecule has 3 N–H and O–H groups in total. The van der Waals surface area contributed by atoms with Gasteiger partial charge in [-0.1, -0.05) is 36.4 Å². The van der Waals surface area contributed by atoms with Crippen LogP contribution in [0.5, 0.6) is 0 Å². The van der Waals surface area contributed by atoms with E-state index in [1.54, 1.807) is 18.2 Å². The van der Waals surface area contributed by atoms with Crippen molar-refractivity contribution in [1.82, 2.24) is 10.3 Å². The predicted molar refractivity (Wildman–Crippen MR) is 93.5 cm³/mol. The second-order valence-corrected chi connectivity index (χ2v) is 6.51. The van der Waals surface area contributed by atoms with Crippen LogP contribution in [0.3, 0.4) is 0 Å². The van der Waals surface area contributed by atoms with Gasteiger partial charge in [-0.05, 0) is 37.0 Å². The number of halogens is 1. The summed E-state index contributed by atoms with van der Waals surface area (Å²) in [6.45, 7) is 0.364. The van der Waals surface area contributed by atoms with Crippen LogP contribution in [-0.4, -0.2) is 22.7 Å². The van der Waals surface area contributed by atoms with Crippen molar-refractivity contribution < 1.29 is 9.50 Å². The summed E-state index contributed by atoms with van der Waals surface area (Å²) < 4.78 is 13.7. The number of aromatic amines is 1. The van der Waals surface area contributed by atoms with E-state index in [1.807, 2.05) is 6.07 Å². The van der Waals surface area contributed by atoms with Gasteiger partial charge in [0.2, 0.25) is 0 Å². The fourth-order valence-corrected chi connectivity index (χ4v) is 3.68. The molecule has 1 heterocycles. The van der Waals surface area contributed by atoms with Crippen LogP contribution in [0.4, 0.5) is 4.39 Å². The minimum Gasteiger partial charge on any atom is -0.387 e. The van der Waals surface area contributed by atoms with Crippen molar-refractivity contribution in [1.29, 1.82) is 0 Å². The number of H-pyrrole nitrogens is 1. The minimum absolute atomic E-state index is 0.304. The maximum Gasteiger partial charge on any atom is 0.129 e. The van der Waals surface area contributed by atoms with Crippen LogP contribution in [0, 0.1) is 5.82 Å². The lowest BCUT2D eigenvalue weighted by atomic mass is 9.91. The summed E-state index contributed by atoms with van der Waals surface area (Å²) in [5, 5.41) is 14.9. The summed E-state index contributed by atoms with van der Waals surface area (Å²) in [5.74, 6) is -0.352. The molecule has 2 aromatic carbocycles. The largest absolute Gasteiger partial charge is 0.387 e. The van der Waals surface area contributed by atoms with Gasteiger partial charge in [-0.15, -0.1) is 0 Å². The van der Waals surface area contributed by atoms with Crippen LogP contribution in [0.2, 0.25) is 0 Å². The van der Waals surface area contributed by atoms with E-state index < -0.39 is 6.10 Å². The minimum atomic E-state index is -0.824. The molecule has 0 bridgehead atoms. The van der Waals surface area contributed by atoms with Crippen molar-refractivity contribution in [2.75, 3.05) is 6.54 Å². The third kappa shape index (κ3) is 2.83. The van der Waals surface area contributed by atoms with Crippen molar-refractivity contribution >= 4 is 10.9 Å². The predicted octanol–water partition coefficient (Wildman–Crippen LogP) is 3.49. The lowest BCUT2D eigenvalue weighted by Crippen LogP contribution is -2.37. The smallest absolute Gasteiger partial charge is 0.129 e. The molecule has 0 fully saturated rings. The zero-order valence-corrected chi connectivity index (χ0v) is 13.4. The summed E-state index contributed by atoms with van der Waals surface area (Å²) in [6, 6.07) is 15.1. The van der Waals surface area contributed by atoms with E-state index in [2.05, 4.69) is 28.5 Å². The number of nitrogens with one attached hydrogen (secondary N) is 2. The number of fused-ring (bicyclic) bond motifs is 3. The fourth-order valence-electron chi connectivity index (χ4n) is 3.68. The first-order valence-electron chi connectivity index (χ1n) is 8.46. The van der Waals surface area contributed by atoms with Crippen LogP contribution >= 0.6 is 0 Å². The summed E-state index contributed by atoms with van der Waals surface area (Å²) in [5.41, 5.74) is 4.24. The fraction of sp³-hybridized carbons (Fsp3) is 0.300. The van der Waals surface area contributed by atoms with E-state index in [0.29, 0.717) is 18.2 Å². The molecule has 0 saturated carbocycles. The standard InChI is InChI=1S/C20H21FN2O/c21-17-7-3-1-6-15(17)20(24)12-22-13-9-10-19-16(11-13)14-5-2-4-8-18(14)23-19/h1-8,13,20,22-24H,9-12H2. The Morgan fingerprint density at radius 3 is 2.83 bits per heavy atom. The average Bonchev–Trinajstić information content (AvgIpc) is 2.98. The van der Waals surface area contributed by atoms with E-state index in [1.165, 1.54) is 28.2 Å². The maximum absolute atomic E-state index is 13.7. The number of aromatic nitrogens is 1. The van der Waals surface area contributed by atoms with Gasteiger partial charge in [-0.25, -0.2) is 4.39 Å². The first-order valence-corrected chi connectivity index (χ1v) is 8.46. The lowest BCUT2D eigenvalue weighted by molar-refractivity contribution is 0.164. The second-order valence-electron chi connectivity index (χ2n) is 6.51. The molecule has 3 aromatic rings. The molecule has 2 unspecified atom stereocenters. The van der Waals surface area contributed by atoms with Crippen molar-refractivity contribution in [2.24, 2.45) is 0 Å². The Balaban J connectivity index is 1.45. The molecule has 0 aliphatic heterocycles. The molecule has 0 saturated heterocycles. The Morgan fingerprint density at radius 1 is 1.17 bits per heavy atom. The molecule has 0 radical (unpaired) electrons. The Labute approximate surface area is 140 Å². The van der Waals surface area contributed by atoms with Crippen molar-refractivity contribution in [3.63, 3.8) is 0 Å². The molecular weight excluding hydrogens is 303 g/mol. The van der Waals surface area contributed by atoms with Gasteiger partial charge in [-0.3, -0.25) is 0 Å². The zero-order valence-electron chi connectivity index (χ0n) is 13.4. The van der Waals surface area contributed by atoms with E-state index in [4.69, 9.17) is 0 Å². The third-order valence-corrected chi connectivity index (χ3v) is 4.96. The Hall–Kier alpha value is -2.17. The number of hydrogen-bond acceptors (Lipinski definition) is 2. The molecule has 1 aromatic heterocycles. The van der Waals surface area contributed by atoms with Gasteiger partial charge in [0.15, 0.2) is 0 Å². The highest BCUT2D eigenvalue weighted by atomic mass is 19.1. The molecule has 0 amide bonds. The molecule has 4 rings (SSSR count). The number of para-hydroxylation sites is 1. The highest BCUT2D eigenvalue weighted by Crippen LogP contribution is 2.29. The second kappa shape index (κ2) is 6.38. The first kappa shape index (κ1) is 15.4. The van der Waals surface area contributed by atoms with Gasteiger partial charge in [0.05, 0.1) is 6.10 Å². The average molecular weight is 324 g/mol. The van der Waals surface area contributed by atoms with E-state index >= 15 is 0 Å². The highest BCUT2D eigenvalue weighted by Gasteiger charge is 2.23. The SMILES string of the molecule is OC(CNC1CCc2[nH]c3ccccc3c2C1)c1ccccc1F. The topological polar surface area (TPSA) is 48.0 Å². The molecule has 24 heavy (non-hydrogen) atoms. The van der Waals surface area contributed by atoms with Crippen LogP contribution in [0.25, 0.3) is 10.9 Å². The summed E-state index contributed by atoms with van der Waals surface area (Å²) in [7, 11) is 0. The third-order valence-electron chi connectivity index (χ3n) is 4.96. The van der Waals surface area contributed by atoms with Gasteiger partial charge in [0.1, 0.15) is 5.82 Å². The van der Waals surface area contributed by atoms with Crippen LogP contribution in [0.1, 0.15) is 29.3 Å². The zero-order chi connectivity index (χ0) is 16.5. The van der Waals surface area contributed by atoms with E-state index in [0.717, 1.165) is 19.3 Å². The van der Waals surface area contributed by atoms with Gasteiger partial charge in [-0.2, -0.15) is 0 Å². The number of aliphatic hydroxyl groups excluding tert-OH is 1. The summed E-state index contributed by atoms with van der Waals surface area (Å²) >= 11 is 0. The van der Waals surface area contributed by atoms with Crippen LogP contribution < -0.4 is 5.32 Å². The molecular formula is C20H21FN2O. The van der Waals surface area contributed by atoms with Crippen LogP contribution in [0.15, 0.2) is 48.5 Å². The molecule has 3 nitrogen and oxygen atoms in total. The molecule has 1 aliphatic rings. The highest BCUT2D eigenvalue weighted by molar-refractivity contribution is 5.84. The molecule has 0 spiro atoms. The number of hydrogen-bond donors (Lipinski definition) is 3. The van der Waals surface area contributed by atoms with Crippen molar-refractivity contribution in [3.05, 3.63) is 71.2 Å². The molecule has 4 heteroatoms. The quantitative estimate of drug-likeness (QED) is 0.688. The summed E-state index contributed by atoms with van der Waals surface area (Å²) in [6.07, 6.45) is 2.13. The number of aryl methyl sites for hydroxylation is 1. The molecule has 1 aliphatic carbocycles.